The van der Waals surface area contributed by atoms with Crippen LogP contribution in [0.15, 0.2) is 23.3 Å². The number of aromatic nitrogens is 1. The summed E-state index contributed by atoms with van der Waals surface area (Å²) < 4.78 is 1.38. The van der Waals surface area contributed by atoms with Crippen molar-refractivity contribution in [3.05, 3.63) is 41.1 Å². The number of rotatable bonds is 3. The molecule has 0 bridgehead atoms. The van der Waals surface area contributed by atoms with Gasteiger partial charge in [0.1, 0.15) is 0 Å². The lowest BCUT2D eigenvalue weighted by atomic mass is 10.0. The normalized spacial score (nSPS) is 13.8. The summed E-state index contributed by atoms with van der Waals surface area (Å²) in [5.74, 6) is -0.340. The molecule has 2 aromatic rings. The van der Waals surface area contributed by atoms with E-state index in [9.17, 15) is 9.59 Å². The first-order valence-corrected chi connectivity index (χ1v) is 7.03. The topological polar surface area (TPSA) is 92.7 Å². The molecule has 0 spiro atoms. The van der Waals surface area contributed by atoms with Crippen LogP contribution in [0, 0.1) is 6.07 Å². The van der Waals surface area contributed by atoms with Crippen molar-refractivity contribution in [1.29, 1.82) is 0 Å². The summed E-state index contributed by atoms with van der Waals surface area (Å²) >= 11 is 0. The molecule has 1 aliphatic heterocycles. The molecule has 23 heavy (non-hydrogen) atoms. The molecular weight excluding hydrogens is 294 g/mol. The van der Waals surface area contributed by atoms with Crippen LogP contribution in [0.25, 0.3) is 17.0 Å². The van der Waals surface area contributed by atoms with Crippen LogP contribution in [0.3, 0.4) is 0 Å². The second-order valence-electron chi connectivity index (χ2n) is 5.47. The predicted octanol–water partition coefficient (Wildman–Crippen LogP) is 1.02. The third-order valence-corrected chi connectivity index (χ3v) is 3.57. The second kappa shape index (κ2) is 5.69. The van der Waals surface area contributed by atoms with Gasteiger partial charge in [-0.1, -0.05) is 6.08 Å². The number of amides is 2. The third-order valence-electron chi connectivity index (χ3n) is 3.57. The van der Waals surface area contributed by atoms with E-state index in [1.807, 2.05) is 31.1 Å². The van der Waals surface area contributed by atoms with Crippen LogP contribution in [-0.2, 0) is 0 Å². The Morgan fingerprint density at radius 1 is 1.48 bits per heavy atom. The molecule has 1 radical (unpaired) electrons. The maximum Gasteiger partial charge on any atom is 0.323 e. The number of nitrogens with zero attached hydrogens (tertiary/aromatic N) is 3. The first-order chi connectivity index (χ1) is 11.0. The Morgan fingerprint density at radius 2 is 2.26 bits per heavy atom. The number of nitrogens with one attached hydrogen (secondary N) is 1. The number of carbonyl (C=O) groups is 2. The van der Waals surface area contributed by atoms with E-state index >= 15 is 0 Å². The number of hydrogen-bond acceptors (Lipinski definition) is 4. The lowest BCUT2D eigenvalue weighted by Gasteiger charge is -2.06. The maximum atomic E-state index is 12.1. The maximum absolute atomic E-state index is 12.1. The highest BCUT2D eigenvalue weighted by atomic mass is 16.2. The van der Waals surface area contributed by atoms with Crippen LogP contribution in [0.1, 0.15) is 21.6 Å². The third kappa shape index (κ3) is 2.51. The van der Waals surface area contributed by atoms with Crippen molar-refractivity contribution < 1.29 is 9.59 Å². The van der Waals surface area contributed by atoms with Crippen LogP contribution in [0.2, 0.25) is 0 Å². The van der Waals surface area contributed by atoms with E-state index in [0.717, 1.165) is 0 Å². The van der Waals surface area contributed by atoms with E-state index < -0.39 is 6.03 Å². The molecule has 1 aromatic heterocycles. The van der Waals surface area contributed by atoms with Crippen molar-refractivity contribution in [2.75, 3.05) is 20.6 Å². The van der Waals surface area contributed by atoms with Gasteiger partial charge < -0.3 is 10.6 Å². The minimum atomic E-state index is -0.620. The molecule has 1 aliphatic rings. The van der Waals surface area contributed by atoms with E-state index in [1.165, 1.54) is 10.8 Å². The molecule has 0 atom stereocenters. The lowest BCUT2D eigenvalue weighted by molar-refractivity contribution is 0.0957. The number of hydrogen-bond donors (Lipinski definition) is 2. The monoisotopic (exact) mass is 310 g/mol. The summed E-state index contributed by atoms with van der Waals surface area (Å²) in [6.45, 7) is 0.701. The number of nitrogens with two attached hydrogens (primary N) is 1. The van der Waals surface area contributed by atoms with Crippen molar-refractivity contribution >= 4 is 35.1 Å². The number of benzene rings is 1. The van der Waals surface area contributed by atoms with Gasteiger partial charge in [0.2, 0.25) is 0 Å². The summed E-state index contributed by atoms with van der Waals surface area (Å²) in [5.41, 5.74) is 10.2. The second-order valence-corrected chi connectivity index (χ2v) is 5.47. The minimum absolute atomic E-state index is 0.340. The van der Waals surface area contributed by atoms with E-state index in [-0.39, 0.29) is 5.91 Å². The molecule has 3 N–H and O–H groups in total. The molecule has 2 heterocycles. The van der Waals surface area contributed by atoms with Gasteiger partial charge in [-0.2, -0.15) is 5.10 Å². The van der Waals surface area contributed by atoms with E-state index in [4.69, 9.17) is 5.73 Å². The molecule has 0 fully saturated rings. The zero-order valence-corrected chi connectivity index (χ0v) is 12.8. The van der Waals surface area contributed by atoms with E-state index in [0.29, 0.717) is 34.3 Å². The van der Waals surface area contributed by atoms with Crippen LogP contribution in [0.5, 0.6) is 0 Å². The van der Waals surface area contributed by atoms with Gasteiger partial charge in [0.25, 0.3) is 5.91 Å². The van der Waals surface area contributed by atoms with Crippen molar-refractivity contribution in [3.63, 3.8) is 0 Å². The molecule has 7 heteroatoms. The standard InChI is InChI=1S/C16H16N5O2/c1-20(2)8-4-7-12-11-9-18-19-15(22)10-5-3-6-13(14(10)11)21(12)16(17)23/h4-7,9H,8H2,1-2H3,(H2,17,23)(H,19,22). The van der Waals surface area contributed by atoms with Gasteiger partial charge in [0, 0.05) is 17.5 Å². The van der Waals surface area contributed by atoms with Gasteiger partial charge in [0.05, 0.1) is 23.0 Å². The lowest BCUT2D eigenvalue weighted by Crippen LogP contribution is -2.21. The molecule has 2 amide bonds. The molecule has 0 unspecified atom stereocenters. The highest BCUT2D eigenvalue weighted by Crippen LogP contribution is 2.30. The summed E-state index contributed by atoms with van der Waals surface area (Å²) in [6, 6.07) is 5.48. The van der Waals surface area contributed by atoms with Crippen molar-refractivity contribution in [3.8, 4) is 0 Å². The Hall–Kier alpha value is -2.93. The Bertz CT molecular complexity index is 861. The van der Waals surface area contributed by atoms with Gasteiger partial charge in [0.15, 0.2) is 0 Å². The minimum Gasteiger partial charge on any atom is -0.351 e. The van der Waals surface area contributed by atoms with Crippen molar-refractivity contribution in [1.82, 2.24) is 14.9 Å². The van der Waals surface area contributed by atoms with Crippen LogP contribution >= 0.6 is 0 Å². The van der Waals surface area contributed by atoms with Crippen LogP contribution < -0.4 is 11.2 Å². The molecule has 7 nitrogen and oxygen atoms in total. The molecule has 0 saturated carbocycles. The number of primary amides is 1. The number of likely N-dealkylation sites (N-methyl/N-ethyl adjacent to an activating group) is 1. The average Bonchev–Trinajstić information content (AvgIpc) is 2.70. The van der Waals surface area contributed by atoms with E-state index in [1.54, 1.807) is 12.1 Å². The van der Waals surface area contributed by atoms with Gasteiger partial charge >= 0.3 is 6.03 Å². The van der Waals surface area contributed by atoms with Crippen molar-refractivity contribution in [2.45, 2.75) is 0 Å². The summed E-state index contributed by atoms with van der Waals surface area (Å²) in [5, 5.41) is 4.56. The average molecular weight is 310 g/mol. The molecule has 117 valence electrons. The highest BCUT2D eigenvalue weighted by Gasteiger charge is 2.23. The Kier molecular flexibility index (Phi) is 3.71. The molecule has 0 saturated heterocycles. The van der Waals surface area contributed by atoms with Gasteiger partial charge in [-0.05, 0) is 38.4 Å². The molecule has 3 rings (SSSR count). The fourth-order valence-corrected chi connectivity index (χ4v) is 2.63. The fraction of sp³-hybridized carbons (Fsp3) is 0.188. The van der Waals surface area contributed by atoms with Crippen LogP contribution in [0.4, 0.5) is 4.79 Å². The first kappa shape index (κ1) is 15.0. The number of hydrazone groups is 1. The quantitative estimate of drug-likeness (QED) is 0.886. The number of carbonyl (C=O) groups excluding carboxylic acids is 2. The molecule has 1 aromatic carbocycles. The summed E-state index contributed by atoms with van der Waals surface area (Å²) in [4.78, 5) is 26.0. The highest BCUT2D eigenvalue weighted by molar-refractivity contribution is 6.17. The zero-order chi connectivity index (χ0) is 16.6. The molecular formula is C16H16N5O2. The van der Waals surface area contributed by atoms with Gasteiger partial charge in [-0.3, -0.25) is 9.36 Å². The molecule has 0 aliphatic carbocycles. The largest absolute Gasteiger partial charge is 0.351 e. The first-order valence-electron chi connectivity index (χ1n) is 7.03. The Balaban J connectivity index is 2.33. The smallest absolute Gasteiger partial charge is 0.323 e. The van der Waals surface area contributed by atoms with Gasteiger partial charge in [-0.25, -0.2) is 10.2 Å². The zero-order valence-electron chi connectivity index (χ0n) is 12.8. The van der Waals surface area contributed by atoms with Crippen molar-refractivity contribution in [2.24, 2.45) is 10.8 Å². The van der Waals surface area contributed by atoms with Crippen LogP contribution in [-0.4, -0.2) is 48.3 Å². The Labute approximate surface area is 133 Å². The SMILES string of the molecule is CN(C)CC=Cc1c2c3c(c[c]cc3n1C(N)=O)C(=O)NN=C2. The summed E-state index contributed by atoms with van der Waals surface area (Å²) in [7, 11) is 3.89. The fourth-order valence-electron chi connectivity index (χ4n) is 2.63. The predicted molar refractivity (Wildman–Crippen MR) is 88.4 cm³/mol. The van der Waals surface area contributed by atoms with Gasteiger partial charge in [-0.15, -0.1) is 0 Å². The van der Waals surface area contributed by atoms with E-state index in [2.05, 4.69) is 16.6 Å². The summed E-state index contributed by atoms with van der Waals surface area (Å²) in [6.07, 6.45) is 5.26. The Morgan fingerprint density at radius 3 is 2.96 bits per heavy atom.